The molecule has 0 aliphatic carbocycles. The third-order valence-electron chi connectivity index (χ3n) is 3.20. The molecule has 18 heavy (non-hydrogen) atoms. The standard InChI is InChI=1S/C14H19F2NO/c15-13-6-11(7-14(16)8-13)3-4-17-9-12-2-1-5-18-10-12/h6-8,12,17H,1-5,9-10H2. The fourth-order valence-corrected chi connectivity index (χ4v) is 2.26. The number of hydrogen-bond donors (Lipinski definition) is 1. The molecule has 1 unspecified atom stereocenters. The van der Waals surface area contributed by atoms with Crippen LogP contribution in [0, 0.1) is 17.6 Å². The van der Waals surface area contributed by atoms with E-state index in [9.17, 15) is 8.78 Å². The summed E-state index contributed by atoms with van der Waals surface area (Å²) < 4.78 is 31.3. The summed E-state index contributed by atoms with van der Waals surface area (Å²) in [7, 11) is 0. The average Bonchev–Trinajstić information content (AvgIpc) is 2.35. The lowest BCUT2D eigenvalue weighted by atomic mass is 10.0. The third-order valence-corrected chi connectivity index (χ3v) is 3.20. The second-order valence-corrected chi connectivity index (χ2v) is 4.81. The Morgan fingerprint density at radius 3 is 2.67 bits per heavy atom. The lowest BCUT2D eigenvalue weighted by Gasteiger charge is -2.22. The summed E-state index contributed by atoms with van der Waals surface area (Å²) in [4.78, 5) is 0. The van der Waals surface area contributed by atoms with Gasteiger partial charge in [-0.1, -0.05) is 0 Å². The van der Waals surface area contributed by atoms with Crippen molar-refractivity contribution in [3.05, 3.63) is 35.4 Å². The maximum Gasteiger partial charge on any atom is 0.126 e. The predicted molar refractivity (Wildman–Crippen MR) is 66.5 cm³/mol. The van der Waals surface area contributed by atoms with Gasteiger partial charge in [-0.05, 0) is 49.4 Å². The molecule has 0 amide bonds. The minimum atomic E-state index is -0.509. The number of benzene rings is 1. The highest BCUT2D eigenvalue weighted by atomic mass is 19.1. The van der Waals surface area contributed by atoms with Gasteiger partial charge in [0.15, 0.2) is 0 Å². The molecule has 1 aromatic rings. The number of rotatable bonds is 5. The quantitative estimate of drug-likeness (QED) is 0.816. The summed E-state index contributed by atoms with van der Waals surface area (Å²) in [6, 6.07) is 3.67. The highest BCUT2D eigenvalue weighted by Crippen LogP contribution is 2.12. The van der Waals surface area contributed by atoms with Crippen LogP contribution in [0.1, 0.15) is 18.4 Å². The minimum absolute atomic E-state index is 0.509. The Kier molecular flexibility index (Phi) is 5.08. The van der Waals surface area contributed by atoms with Crippen molar-refractivity contribution in [3.63, 3.8) is 0 Å². The molecule has 1 saturated heterocycles. The first kappa shape index (κ1) is 13.4. The predicted octanol–water partition coefficient (Wildman–Crippen LogP) is 2.52. The maximum atomic E-state index is 13.0. The van der Waals surface area contributed by atoms with Crippen molar-refractivity contribution in [3.8, 4) is 0 Å². The van der Waals surface area contributed by atoms with Crippen LogP contribution in [-0.4, -0.2) is 26.3 Å². The van der Waals surface area contributed by atoms with Gasteiger partial charge < -0.3 is 10.1 Å². The zero-order valence-corrected chi connectivity index (χ0v) is 10.4. The molecule has 1 N–H and O–H groups in total. The lowest BCUT2D eigenvalue weighted by Crippen LogP contribution is -2.30. The molecular formula is C14H19F2NO. The van der Waals surface area contributed by atoms with Crippen LogP contribution in [0.4, 0.5) is 8.78 Å². The molecule has 1 fully saturated rings. The monoisotopic (exact) mass is 255 g/mol. The molecule has 1 aliphatic rings. The van der Waals surface area contributed by atoms with Crippen LogP contribution in [0.5, 0.6) is 0 Å². The number of nitrogens with one attached hydrogen (secondary N) is 1. The summed E-state index contributed by atoms with van der Waals surface area (Å²) in [5.74, 6) is -0.445. The van der Waals surface area contributed by atoms with Gasteiger partial charge in [0.2, 0.25) is 0 Å². The summed E-state index contributed by atoms with van der Waals surface area (Å²) in [6.45, 7) is 3.35. The third kappa shape index (κ3) is 4.35. The highest BCUT2D eigenvalue weighted by molar-refractivity contribution is 5.18. The first-order valence-corrected chi connectivity index (χ1v) is 6.47. The molecule has 1 aliphatic heterocycles. The van der Waals surface area contributed by atoms with Gasteiger partial charge in [-0.2, -0.15) is 0 Å². The molecule has 0 saturated carbocycles. The van der Waals surface area contributed by atoms with E-state index in [1.54, 1.807) is 0 Å². The molecule has 4 heteroatoms. The number of ether oxygens (including phenoxy) is 1. The Labute approximate surface area is 106 Å². The molecular weight excluding hydrogens is 236 g/mol. The Morgan fingerprint density at radius 2 is 2.00 bits per heavy atom. The molecule has 2 rings (SSSR count). The lowest BCUT2D eigenvalue weighted by molar-refractivity contribution is 0.0550. The van der Waals surface area contributed by atoms with E-state index >= 15 is 0 Å². The Hall–Kier alpha value is -1.00. The van der Waals surface area contributed by atoms with Crippen molar-refractivity contribution in [1.82, 2.24) is 5.32 Å². The van der Waals surface area contributed by atoms with Crippen LogP contribution in [0.15, 0.2) is 18.2 Å². The topological polar surface area (TPSA) is 21.3 Å². The second-order valence-electron chi connectivity index (χ2n) is 4.81. The van der Waals surface area contributed by atoms with Crippen LogP contribution < -0.4 is 5.32 Å². The molecule has 0 radical (unpaired) electrons. The zero-order chi connectivity index (χ0) is 12.8. The fourth-order valence-electron chi connectivity index (χ4n) is 2.26. The van der Waals surface area contributed by atoms with E-state index in [0.29, 0.717) is 17.9 Å². The molecule has 1 atom stereocenters. The van der Waals surface area contributed by atoms with E-state index in [1.165, 1.54) is 18.6 Å². The van der Waals surface area contributed by atoms with Gasteiger partial charge in [0.05, 0.1) is 6.61 Å². The Morgan fingerprint density at radius 1 is 1.22 bits per heavy atom. The van der Waals surface area contributed by atoms with E-state index < -0.39 is 11.6 Å². The Balaban J connectivity index is 1.68. The molecule has 0 aromatic heterocycles. The molecule has 0 spiro atoms. The van der Waals surface area contributed by atoms with Crippen LogP contribution in [0.2, 0.25) is 0 Å². The van der Waals surface area contributed by atoms with Crippen molar-refractivity contribution >= 4 is 0 Å². The van der Waals surface area contributed by atoms with Crippen molar-refractivity contribution in [2.75, 3.05) is 26.3 Å². The molecule has 1 aromatic carbocycles. The molecule has 0 bridgehead atoms. The van der Waals surface area contributed by atoms with Crippen molar-refractivity contribution in [1.29, 1.82) is 0 Å². The highest BCUT2D eigenvalue weighted by Gasteiger charge is 2.12. The zero-order valence-electron chi connectivity index (χ0n) is 10.4. The van der Waals surface area contributed by atoms with Gasteiger partial charge in [-0.15, -0.1) is 0 Å². The van der Waals surface area contributed by atoms with Crippen molar-refractivity contribution < 1.29 is 13.5 Å². The van der Waals surface area contributed by atoms with Gasteiger partial charge in [-0.3, -0.25) is 0 Å². The van der Waals surface area contributed by atoms with Gasteiger partial charge >= 0.3 is 0 Å². The maximum absolute atomic E-state index is 13.0. The van der Waals surface area contributed by atoms with E-state index in [2.05, 4.69) is 5.32 Å². The first-order chi connectivity index (χ1) is 8.74. The average molecular weight is 255 g/mol. The minimum Gasteiger partial charge on any atom is -0.381 e. The second kappa shape index (κ2) is 6.81. The van der Waals surface area contributed by atoms with E-state index in [1.807, 2.05) is 0 Å². The van der Waals surface area contributed by atoms with Gasteiger partial charge in [0.1, 0.15) is 11.6 Å². The van der Waals surface area contributed by atoms with Gasteiger partial charge in [0.25, 0.3) is 0 Å². The smallest absolute Gasteiger partial charge is 0.126 e. The normalized spacial score (nSPS) is 20.0. The SMILES string of the molecule is Fc1cc(F)cc(CCNCC2CCCOC2)c1. The van der Waals surface area contributed by atoms with Gasteiger partial charge in [-0.25, -0.2) is 8.78 Å². The van der Waals surface area contributed by atoms with Crippen LogP contribution >= 0.6 is 0 Å². The number of hydrogen-bond acceptors (Lipinski definition) is 2. The molecule has 2 nitrogen and oxygen atoms in total. The van der Waals surface area contributed by atoms with E-state index in [0.717, 1.165) is 38.8 Å². The largest absolute Gasteiger partial charge is 0.381 e. The summed E-state index contributed by atoms with van der Waals surface area (Å²) in [5, 5.41) is 3.32. The van der Waals surface area contributed by atoms with Crippen molar-refractivity contribution in [2.45, 2.75) is 19.3 Å². The molecule has 100 valence electrons. The van der Waals surface area contributed by atoms with Gasteiger partial charge in [0, 0.05) is 19.2 Å². The molecule has 1 heterocycles. The van der Waals surface area contributed by atoms with Crippen LogP contribution in [0.3, 0.4) is 0 Å². The van der Waals surface area contributed by atoms with E-state index in [-0.39, 0.29) is 0 Å². The summed E-state index contributed by atoms with van der Waals surface area (Å²) >= 11 is 0. The summed E-state index contributed by atoms with van der Waals surface area (Å²) in [5.41, 5.74) is 0.694. The number of halogens is 2. The van der Waals surface area contributed by atoms with Crippen molar-refractivity contribution in [2.24, 2.45) is 5.92 Å². The van der Waals surface area contributed by atoms with Crippen LogP contribution in [0.25, 0.3) is 0 Å². The van der Waals surface area contributed by atoms with Crippen LogP contribution in [-0.2, 0) is 11.2 Å². The first-order valence-electron chi connectivity index (χ1n) is 6.47. The Bertz CT molecular complexity index is 358. The summed E-state index contributed by atoms with van der Waals surface area (Å²) in [6.07, 6.45) is 2.96. The van der Waals surface area contributed by atoms with E-state index in [4.69, 9.17) is 4.74 Å². The fraction of sp³-hybridized carbons (Fsp3) is 0.571.